The van der Waals surface area contributed by atoms with Gasteiger partial charge in [0.25, 0.3) is 5.91 Å². The fourth-order valence-electron chi connectivity index (χ4n) is 4.65. The van der Waals surface area contributed by atoms with Crippen molar-refractivity contribution in [1.82, 2.24) is 10.2 Å². The zero-order valence-corrected chi connectivity index (χ0v) is 17.6. The fraction of sp³-hybridized carbons (Fsp3) is 0.375. The molecule has 2 heterocycles. The molecule has 2 N–H and O–H groups in total. The van der Waals surface area contributed by atoms with E-state index in [0.29, 0.717) is 5.56 Å². The number of nitrogens with zero attached hydrogens (tertiary/aromatic N) is 2. The van der Waals surface area contributed by atoms with E-state index in [1.807, 2.05) is 36.4 Å². The van der Waals surface area contributed by atoms with Crippen molar-refractivity contribution < 1.29 is 14.4 Å². The molecule has 0 saturated heterocycles. The minimum Gasteiger partial charge on any atom is -0.371 e. The van der Waals surface area contributed by atoms with Gasteiger partial charge in [-0.15, -0.1) is 0 Å². The van der Waals surface area contributed by atoms with E-state index < -0.39 is 6.04 Å². The van der Waals surface area contributed by atoms with E-state index in [-0.39, 0.29) is 30.3 Å². The van der Waals surface area contributed by atoms with Gasteiger partial charge in [0.2, 0.25) is 11.8 Å². The molecule has 1 aliphatic carbocycles. The number of nitrogens with one attached hydrogen (secondary N) is 2. The zero-order valence-electron chi connectivity index (χ0n) is 17.6. The summed E-state index contributed by atoms with van der Waals surface area (Å²) in [4.78, 5) is 42.2. The van der Waals surface area contributed by atoms with Crippen molar-refractivity contribution in [3.8, 4) is 0 Å². The van der Waals surface area contributed by atoms with Crippen LogP contribution in [0, 0.1) is 0 Å². The SMILES string of the molecule is CCN1CCc2ccc(NC(=O)CNC(=O)C3c4ccccc4C(=O)N3C3CC3)cc21. The van der Waals surface area contributed by atoms with E-state index >= 15 is 0 Å². The van der Waals surface area contributed by atoms with Crippen molar-refractivity contribution >= 4 is 29.1 Å². The Morgan fingerprint density at radius 3 is 2.71 bits per heavy atom. The number of hydrogen-bond donors (Lipinski definition) is 2. The van der Waals surface area contributed by atoms with E-state index in [4.69, 9.17) is 0 Å². The Bertz CT molecular complexity index is 1060. The predicted molar refractivity (Wildman–Crippen MR) is 118 cm³/mol. The highest BCUT2D eigenvalue weighted by Crippen LogP contribution is 2.41. The molecule has 3 aliphatic rings. The van der Waals surface area contributed by atoms with E-state index in [0.717, 1.165) is 49.3 Å². The van der Waals surface area contributed by atoms with Gasteiger partial charge in [-0.05, 0) is 55.5 Å². The molecule has 1 fully saturated rings. The molecule has 2 aromatic carbocycles. The number of hydrogen-bond acceptors (Lipinski definition) is 4. The molecule has 31 heavy (non-hydrogen) atoms. The molecule has 0 aromatic heterocycles. The van der Waals surface area contributed by atoms with Crippen LogP contribution in [0.25, 0.3) is 0 Å². The summed E-state index contributed by atoms with van der Waals surface area (Å²) in [6.07, 6.45) is 2.85. The second kappa shape index (κ2) is 7.72. The Labute approximate surface area is 181 Å². The third kappa shape index (κ3) is 3.54. The van der Waals surface area contributed by atoms with Gasteiger partial charge >= 0.3 is 0 Å². The molecule has 2 aliphatic heterocycles. The molecule has 7 heteroatoms. The number of likely N-dealkylation sites (N-methyl/N-ethyl adjacent to an activating group) is 1. The van der Waals surface area contributed by atoms with Gasteiger partial charge in [-0.25, -0.2) is 0 Å². The minimum absolute atomic E-state index is 0.0960. The van der Waals surface area contributed by atoms with Gasteiger partial charge in [0, 0.05) is 36.1 Å². The minimum atomic E-state index is -0.665. The molecule has 0 bridgehead atoms. The predicted octanol–water partition coefficient (Wildman–Crippen LogP) is 2.48. The number of carbonyl (C=O) groups is 3. The van der Waals surface area contributed by atoms with Gasteiger partial charge in [-0.3, -0.25) is 14.4 Å². The molecule has 1 saturated carbocycles. The van der Waals surface area contributed by atoms with Crippen LogP contribution in [0.1, 0.15) is 47.3 Å². The number of amides is 3. The van der Waals surface area contributed by atoms with Crippen LogP contribution in [0.2, 0.25) is 0 Å². The van der Waals surface area contributed by atoms with Crippen LogP contribution in [-0.2, 0) is 16.0 Å². The largest absolute Gasteiger partial charge is 0.371 e. The second-order valence-corrected chi connectivity index (χ2v) is 8.37. The third-order valence-electron chi connectivity index (χ3n) is 6.35. The summed E-state index contributed by atoms with van der Waals surface area (Å²) in [5.41, 5.74) is 4.47. The van der Waals surface area contributed by atoms with Gasteiger partial charge in [-0.1, -0.05) is 24.3 Å². The van der Waals surface area contributed by atoms with Crippen molar-refractivity contribution in [1.29, 1.82) is 0 Å². The lowest BCUT2D eigenvalue weighted by Crippen LogP contribution is -2.42. The Hall–Kier alpha value is -3.35. The average Bonchev–Trinajstić information content (AvgIpc) is 3.47. The van der Waals surface area contributed by atoms with Gasteiger partial charge in [0.1, 0.15) is 6.04 Å². The molecular weight excluding hydrogens is 392 g/mol. The van der Waals surface area contributed by atoms with Crippen LogP contribution in [0.3, 0.4) is 0 Å². The molecule has 1 unspecified atom stereocenters. The van der Waals surface area contributed by atoms with Gasteiger partial charge < -0.3 is 20.4 Å². The second-order valence-electron chi connectivity index (χ2n) is 8.37. The molecule has 2 aromatic rings. The monoisotopic (exact) mass is 418 g/mol. The van der Waals surface area contributed by atoms with Crippen molar-refractivity contribution in [2.45, 2.75) is 38.3 Å². The molecule has 7 nitrogen and oxygen atoms in total. The van der Waals surface area contributed by atoms with Crippen molar-refractivity contribution in [3.63, 3.8) is 0 Å². The van der Waals surface area contributed by atoms with Gasteiger partial charge in [-0.2, -0.15) is 0 Å². The summed E-state index contributed by atoms with van der Waals surface area (Å²) in [6.45, 7) is 3.91. The van der Waals surface area contributed by atoms with Crippen LogP contribution in [0.15, 0.2) is 42.5 Å². The van der Waals surface area contributed by atoms with E-state index in [1.54, 1.807) is 11.0 Å². The number of anilines is 2. The first kappa shape index (κ1) is 19.6. The van der Waals surface area contributed by atoms with Crippen molar-refractivity contribution in [2.24, 2.45) is 0 Å². The lowest BCUT2D eigenvalue weighted by atomic mass is 10.0. The summed E-state index contributed by atoms with van der Waals surface area (Å²) >= 11 is 0. The Morgan fingerprint density at radius 1 is 1.13 bits per heavy atom. The Balaban J connectivity index is 1.24. The highest BCUT2D eigenvalue weighted by atomic mass is 16.2. The van der Waals surface area contributed by atoms with Gasteiger partial charge in [0.05, 0.1) is 6.54 Å². The maximum atomic E-state index is 13.0. The van der Waals surface area contributed by atoms with Crippen LogP contribution < -0.4 is 15.5 Å². The molecule has 0 radical (unpaired) electrons. The summed E-state index contributed by atoms with van der Waals surface area (Å²) in [6, 6.07) is 12.6. The molecule has 160 valence electrons. The highest BCUT2D eigenvalue weighted by molar-refractivity contribution is 6.05. The first-order valence-electron chi connectivity index (χ1n) is 10.9. The number of fused-ring (bicyclic) bond motifs is 2. The molecule has 0 spiro atoms. The first-order chi connectivity index (χ1) is 15.1. The number of carbonyl (C=O) groups excluding carboxylic acids is 3. The van der Waals surface area contributed by atoms with Gasteiger partial charge in [0.15, 0.2) is 0 Å². The molecule has 5 rings (SSSR count). The Kier molecular flexibility index (Phi) is 4.88. The molecule has 1 atom stereocenters. The van der Waals surface area contributed by atoms with E-state index in [1.165, 1.54) is 5.56 Å². The number of rotatable bonds is 6. The highest BCUT2D eigenvalue weighted by Gasteiger charge is 2.47. The summed E-state index contributed by atoms with van der Waals surface area (Å²) in [5.74, 6) is -0.697. The lowest BCUT2D eigenvalue weighted by molar-refractivity contribution is -0.127. The lowest BCUT2D eigenvalue weighted by Gasteiger charge is -2.24. The third-order valence-corrected chi connectivity index (χ3v) is 6.35. The fourth-order valence-corrected chi connectivity index (χ4v) is 4.65. The van der Waals surface area contributed by atoms with E-state index in [2.05, 4.69) is 22.5 Å². The maximum absolute atomic E-state index is 13.0. The Morgan fingerprint density at radius 2 is 1.94 bits per heavy atom. The van der Waals surface area contributed by atoms with Crippen LogP contribution >= 0.6 is 0 Å². The van der Waals surface area contributed by atoms with Crippen molar-refractivity contribution in [2.75, 3.05) is 29.9 Å². The molecule has 3 amide bonds. The average molecular weight is 418 g/mol. The summed E-state index contributed by atoms with van der Waals surface area (Å²) in [7, 11) is 0. The number of benzene rings is 2. The topological polar surface area (TPSA) is 81.8 Å². The normalized spacial score (nSPS) is 19.3. The van der Waals surface area contributed by atoms with E-state index in [9.17, 15) is 14.4 Å². The summed E-state index contributed by atoms with van der Waals surface area (Å²) < 4.78 is 0. The van der Waals surface area contributed by atoms with Crippen LogP contribution in [-0.4, -0.2) is 48.3 Å². The van der Waals surface area contributed by atoms with Crippen LogP contribution in [0.5, 0.6) is 0 Å². The van der Waals surface area contributed by atoms with Crippen LogP contribution in [0.4, 0.5) is 11.4 Å². The first-order valence-corrected chi connectivity index (χ1v) is 10.9. The quantitative estimate of drug-likeness (QED) is 0.755. The van der Waals surface area contributed by atoms with Crippen molar-refractivity contribution in [3.05, 3.63) is 59.2 Å². The zero-order chi connectivity index (χ0) is 21.5. The summed E-state index contributed by atoms with van der Waals surface area (Å²) in [5, 5.41) is 5.61. The molecular formula is C24H26N4O3. The maximum Gasteiger partial charge on any atom is 0.255 e. The standard InChI is InChI=1S/C24H26N4O3/c1-2-27-12-11-15-7-8-16(13-20(15)27)26-21(29)14-25-23(30)22-18-5-3-4-6-19(18)24(31)28(22)17-9-10-17/h3-8,13,17,22H,2,9-12,14H2,1H3,(H,25,30)(H,26,29). The smallest absolute Gasteiger partial charge is 0.255 e.